The molecule has 1 aromatic carbocycles. The van der Waals surface area contributed by atoms with Crippen molar-refractivity contribution in [2.24, 2.45) is 4.99 Å². The van der Waals surface area contributed by atoms with E-state index < -0.39 is 18.3 Å². The summed E-state index contributed by atoms with van der Waals surface area (Å²) in [6, 6.07) is 6.56. The van der Waals surface area contributed by atoms with Crippen molar-refractivity contribution in [2.75, 3.05) is 20.1 Å². The maximum atomic E-state index is 12.4. The molecular formula is C18H29F2IN4O3. The minimum Gasteiger partial charge on any atom is -0.444 e. The van der Waals surface area contributed by atoms with Crippen LogP contribution in [-0.2, 0) is 11.3 Å². The number of alkyl carbamates (subject to hydrolysis) is 1. The van der Waals surface area contributed by atoms with Gasteiger partial charge in [0.1, 0.15) is 11.4 Å². The average molecular weight is 514 g/mol. The molecule has 0 aliphatic rings. The monoisotopic (exact) mass is 514 g/mol. The molecule has 0 bridgehead atoms. The molecule has 10 heteroatoms. The van der Waals surface area contributed by atoms with E-state index in [9.17, 15) is 13.6 Å². The Balaban J connectivity index is 0.00000729. The topological polar surface area (TPSA) is 84.0 Å². The number of halogens is 3. The minimum atomic E-state index is -2.87. The normalized spacial score (nSPS) is 11.5. The number of ether oxygens (including phenoxy) is 2. The van der Waals surface area contributed by atoms with Crippen molar-refractivity contribution >= 4 is 36.0 Å². The smallest absolute Gasteiger partial charge is 0.407 e. The highest BCUT2D eigenvalue weighted by Crippen LogP contribution is 2.19. The number of carbonyl (C=O) groups excluding carboxylic acids is 1. The lowest BCUT2D eigenvalue weighted by atomic mass is 10.2. The predicted molar refractivity (Wildman–Crippen MR) is 116 cm³/mol. The Bertz CT molecular complexity index is 625. The van der Waals surface area contributed by atoms with Crippen molar-refractivity contribution in [3.05, 3.63) is 29.8 Å². The molecule has 1 amide bonds. The predicted octanol–water partition coefficient (Wildman–Crippen LogP) is 3.49. The lowest BCUT2D eigenvalue weighted by Crippen LogP contribution is -2.39. The second-order valence-corrected chi connectivity index (χ2v) is 6.62. The first kappa shape index (κ1) is 26.1. The molecule has 0 fully saturated rings. The van der Waals surface area contributed by atoms with Crippen molar-refractivity contribution in [1.29, 1.82) is 0 Å². The second kappa shape index (κ2) is 13.3. The van der Waals surface area contributed by atoms with E-state index in [0.29, 0.717) is 31.0 Å². The number of hydrogen-bond donors (Lipinski definition) is 3. The first-order valence-electron chi connectivity index (χ1n) is 8.65. The molecular weight excluding hydrogens is 485 g/mol. The Morgan fingerprint density at radius 1 is 1.14 bits per heavy atom. The first-order valence-corrected chi connectivity index (χ1v) is 8.65. The van der Waals surface area contributed by atoms with Crippen LogP contribution in [0.15, 0.2) is 29.3 Å². The van der Waals surface area contributed by atoms with Crippen LogP contribution in [0.5, 0.6) is 5.75 Å². The van der Waals surface area contributed by atoms with E-state index in [1.807, 2.05) is 0 Å². The molecule has 0 heterocycles. The molecule has 160 valence electrons. The molecule has 7 nitrogen and oxygen atoms in total. The van der Waals surface area contributed by atoms with Crippen LogP contribution in [0.1, 0.15) is 32.8 Å². The van der Waals surface area contributed by atoms with Gasteiger partial charge in [-0.25, -0.2) is 4.79 Å². The van der Waals surface area contributed by atoms with Gasteiger partial charge < -0.3 is 25.4 Å². The molecule has 28 heavy (non-hydrogen) atoms. The van der Waals surface area contributed by atoms with Gasteiger partial charge in [-0.05, 0) is 33.3 Å². The van der Waals surface area contributed by atoms with E-state index in [2.05, 4.69) is 25.7 Å². The van der Waals surface area contributed by atoms with Crippen LogP contribution in [0.3, 0.4) is 0 Å². The molecule has 1 rings (SSSR count). The summed E-state index contributed by atoms with van der Waals surface area (Å²) in [5.41, 5.74) is 0.0610. The summed E-state index contributed by atoms with van der Waals surface area (Å²) < 4.78 is 34.5. The van der Waals surface area contributed by atoms with Gasteiger partial charge in [-0.3, -0.25) is 4.99 Å². The largest absolute Gasteiger partial charge is 0.444 e. The van der Waals surface area contributed by atoms with E-state index >= 15 is 0 Å². The lowest BCUT2D eigenvalue weighted by Gasteiger charge is -2.19. The molecule has 0 saturated heterocycles. The number of nitrogens with zero attached hydrogens (tertiary/aromatic N) is 1. The number of hydrogen-bond acceptors (Lipinski definition) is 4. The summed E-state index contributed by atoms with van der Waals surface area (Å²) in [5.74, 6) is 0.635. The standard InChI is InChI=1S/C18H28F2N4O3.HI/c1-18(2,3)27-17(25)23-11-7-10-22-16(21-4)24-12-13-8-5-6-9-14(13)26-15(19)20;/h5-6,8-9,15H,7,10-12H2,1-4H3,(H,23,25)(H2,21,22,24);1H. The van der Waals surface area contributed by atoms with Gasteiger partial charge in [0.15, 0.2) is 5.96 Å². The zero-order chi connectivity index (χ0) is 20.3. The number of guanidine groups is 1. The molecule has 0 radical (unpaired) electrons. The summed E-state index contributed by atoms with van der Waals surface area (Å²) in [6.07, 6.45) is 0.200. The van der Waals surface area contributed by atoms with Crippen LogP contribution in [0, 0.1) is 0 Å². The van der Waals surface area contributed by atoms with Crippen LogP contribution >= 0.6 is 24.0 Å². The number of nitrogens with one attached hydrogen (secondary N) is 3. The summed E-state index contributed by atoms with van der Waals surface area (Å²) >= 11 is 0. The zero-order valence-electron chi connectivity index (χ0n) is 16.6. The highest BCUT2D eigenvalue weighted by atomic mass is 127. The van der Waals surface area contributed by atoms with E-state index in [-0.39, 0.29) is 36.3 Å². The van der Waals surface area contributed by atoms with Gasteiger partial charge in [0.2, 0.25) is 0 Å². The molecule has 0 unspecified atom stereocenters. The van der Waals surface area contributed by atoms with E-state index in [0.717, 1.165) is 0 Å². The fourth-order valence-corrected chi connectivity index (χ4v) is 2.06. The third kappa shape index (κ3) is 11.8. The highest BCUT2D eigenvalue weighted by Gasteiger charge is 2.15. The van der Waals surface area contributed by atoms with Crippen LogP contribution < -0.4 is 20.7 Å². The average Bonchev–Trinajstić information content (AvgIpc) is 2.56. The highest BCUT2D eigenvalue weighted by molar-refractivity contribution is 14.0. The van der Waals surface area contributed by atoms with Gasteiger partial charge in [-0.15, -0.1) is 24.0 Å². The Morgan fingerprint density at radius 3 is 2.39 bits per heavy atom. The second-order valence-electron chi connectivity index (χ2n) is 6.62. The Hall–Kier alpha value is -1.85. The van der Waals surface area contributed by atoms with Crippen LogP contribution in [-0.4, -0.2) is 44.4 Å². The Labute approximate surface area is 181 Å². The first-order chi connectivity index (χ1) is 12.7. The van der Waals surface area contributed by atoms with E-state index in [4.69, 9.17) is 4.74 Å². The minimum absolute atomic E-state index is 0. The van der Waals surface area contributed by atoms with Crippen molar-refractivity contribution in [2.45, 2.75) is 45.9 Å². The number of rotatable bonds is 8. The summed E-state index contributed by atoms with van der Waals surface area (Å²) in [7, 11) is 1.61. The summed E-state index contributed by atoms with van der Waals surface area (Å²) in [4.78, 5) is 15.6. The number of amides is 1. The van der Waals surface area contributed by atoms with Gasteiger partial charge in [0, 0.05) is 32.2 Å². The molecule has 1 aromatic rings. The SMILES string of the molecule is CN=C(NCCCNC(=O)OC(C)(C)C)NCc1ccccc1OC(F)F.I. The van der Waals surface area contributed by atoms with E-state index in [1.54, 1.807) is 46.0 Å². The summed E-state index contributed by atoms with van der Waals surface area (Å²) in [6.45, 7) is 3.81. The van der Waals surface area contributed by atoms with Crippen LogP contribution in [0.25, 0.3) is 0 Å². The van der Waals surface area contributed by atoms with Gasteiger partial charge in [0.25, 0.3) is 0 Å². The van der Waals surface area contributed by atoms with Gasteiger partial charge >= 0.3 is 12.7 Å². The molecule has 0 aromatic heterocycles. The fraction of sp³-hybridized carbons (Fsp3) is 0.556. The maximum absolute atomic E-state index is 12.4. The summed E-state index contributed by atoms with van der Waals surface area (Å²) in [5, 5.41) is 8.78. The quantitative estimate of drug-likeness (QED) is 0.214. The van der Waals surface area contributed by atoms with Crippen LogP contribution in [0.2, 0.25) is 0 Å². The Morgan fingerprint density at radius 2 is 1.79 bits per heavy atom. The van der Waals surface area contributed by atoms with Gasteiger partial charge in [-0.2, -0.15) is 8.78 Å². The molecule has 0 spiro atoms. The number of aliphatic imine (C=N–C) groups is 1. The van der Waals surface area contributed by atoms with E-state index in [1.165, 1.54) is 6.07 Å². The maximum Gasteiger partial charge on any atom is 0.407 e. The molecule has 0 saturated carbocycles. The molecule has 0 aliphatic carbocycles. The van der Waals surface area contributed by atoms with Crippen molar-refractivity contribution in [1.82, 2.24) is 16.0 Å². The molecule has 0 atom stereocenters. The third-order valence-corrected chi connectivity index (χ3v) is 3.17. The third-order valence-electron chi connectivity index (χ3n) is 3.17. The van der Waals surface area contributed by atoms with Gasteiger partial charge in [0.05, 0.1) is 0 Å². The van der Waals surface area contributed by atoms with Crippen molar-refractivity contribution < 1.29 is 23.0 Å². The van der Waals surface area contributed by atoms with Crippen molar-refractivity contribution in [3.8, 4) is 5.75 Å². The van der Waals surface area contributed by atoms with Crippen molar-refractivity contribution in [3.63, 3.8) is 0 Å². The lowest BCUT2D eigenvalue weighted by molar-refractivity contribution is -0.0504. The zero-order valence-corrected chi connectivity index (χ0v) is 18.9. The van der Waals surface area contributed by atoms with Crippen LogP contribution in [0.4, 0.5) is 13.6 Å². The number of carbonyl (C=O) groups is 1. The number of benzene rings is 1. The Kier molecular flexibility index (Phi) is 12.5. The molecule has 3 N–H and O–H groups in total. The number of para-hydroxylation sites is 1. The fourth-order valence-electron chi connectivity index (χ4n) is 2.06. The van der Waals surface area contributed by atoms with Gasteiger partial charge in [-0.1, -0.05) is 18.2 Å². The molecule has 0 aliphatic heterocycles. The number of alkyl halides is 2.